The molecule has 0 saturated heterocycles. The number of primary amides is 3. The molecule has 0 aliphatic carbocycles. The average Bonchev–Trinajstić information content (AvgIpc) is 2.66. The highest BCUT2D eigenvalue weighted by molar-refractivity contribution is 5.95. The molecule has 4 atom stereocenters. The van der Waals surface area contributed by atoms with Crippen LogP contribution in [0.4, 0.5) is 0 Å². The van der Waals surface area contributed by atoms with Crippen molar-refractivity contribution in [2.24, 2.45) is 22.9 Å². The van der Waals surface area contributed by atoms with Crippen LogP contribution in [0.5, 0.6) is 0 Å². The molecule has 15 heteroatoms. The van der Waals surface area contributed by atoms with Crippen LogP contribution in [0.3, 0.4) is 0 Å². The number of carbonyl (C=O) groups is 7. The van der Waals surface area contributed by atoms with Crippen LogP contribution in [-0.2, 0) is 33.6 Å². The predicted octanol–water partition coefficient (Wildman–Crippen LogP) is -4.72. The molecule has 0 saturated carbocycles. The highest BCUT2D eigenvalue weighted by Crippen LogP contribution is 2.02. The van der Waals surface area contributed by atoms with Crippen LogP contribution in [-0.4, -0.2) is 70.7 Å². The fourth-order valence-electron chi connectivity index (χ4n) is 2.36. The van der Waals surface area contributed by atoms with Crippen LogP contribution in [0.25, 0.3) is 0 Å². The summed E-state index contributed by atoms with van der Waals surface area (Å²) in [5.41, 5.74) is 20.5. The van der Waals surface area contributed by atoms with E-state index in [1.165, 1.54) is 6.92 Å². The van der Waals surface area contributed by atoms with E-state index in [0.717, 1.165) is 0 Å². The molecule has 0 aromatic rings. The maximum atomic E-state index is 12.5. The molecule has 0 rings (SSSR count). The standard InChI is InChI=1S/C17H29N7O8/c1-7(14(28)24-10(17(31)32)3-5-12(20)26)22-16(30)9(2-4-11(19)25)23-15(29)8(18)6-13(21)27/h7-10H,2-6,18H2,1H3,(H2,19,25)(H2,20,26)(H2,21,27)(H,22,30)(H,23,29)(H,24,28)(H,31,32). The Labute approximate surface area is 183 Å². The van der Waals surface area contributed by atoms with Gasteiger partial charge in [0.15, 0.2) is 0 Å². The van der Waals surface area contributed by atoms with Gasteiger partial charge in [-0.05, 0) is 19.8 Å². The van der Waals surface area contributed by atoms with Gasteiger partial charge < -0.3 is 44.0 Å². The molecule has 6 amide bonds. The molecule has 0 aromatic carbocycles. The van der Waals surface area contributed by atoms with Crippen molar-refractivity contribution in [3.8, 4) is 0 Å². The van der Waals surface area contributed by atoms with E-state index in [9.17, 15) is 33.6 Å². The van der Waals surface area contributed by atoms with Crippen molar-refractivity contribution in [3.63, 3.8) is 0 Å². The van der Waals surface area contributed by atoms with Gasteiger partial charge in [0.1, 0.15) is 18.1 Å². The van der Waals surface area contributed by atoms with Gasteiger partial charge in [0.05, 0.1) is 12.5 Å². The Morgan fingerprint density at radius 1 is 0.719 bits per heavy atom. The largest absolute Gasteiger partial charge is 0.480 e. The molecule has 32 heavy (non-hydrogen) atoms. The number of nitrogens with two attached hydrogens (primary N) is 4. The topological polar surface area (TPSA) is 280 Å². The van der Waals surface area contributed by atoms with E-state index in [1.807, 2.05) is 0 Å². The van der Waals surface area contributed by atoms with Gasteiger partial charge in [-0.15, -0.1) is 0 Å². The minimum atomic E-state index is -1.42. The molecule has 4 unspecified atom stereocenters. The maximum absolute atomic E-state index is 12.5. The van der Waals surface area contributed by atoms with Gasteiger partial charge in [-0.3, -0.25) is 28.8 Å². The monoisotopic (exact) mass is 459 g/mol. The van der Waals surface area contributed by atoms with E-state index in [1.54, 1.807) is 0 Å². The van der Waals surface area contributed by atoms with Crippen molar-refractivity contribution in [2.45, 2.75) is 63.2 Å². The molecule has 12 N–H and O–H groups in total. The SMILES string of the molecule is CC(NC(=O)C(CCC(N)=O)NC(=O)C(N)CC(N)=O)C(=O)NC(CCC(N)=O)C(=O)O. The molecule has 0 radical (unpaired) electrons. The molecular formula is C17H29N7O8. The summed E-state index contributed by atoms with van der Waals surface area (Å²) in [4.78, 5) is 80.8. The second-order valence-corrected chi connectivity index (χ2v) is 6.98. The lowest BCUT2D eigenvalue weighted by Gasteiger charge is -2.23. The van der Waals surface area contributed by atoms with E-state index < -0.39 is 72.0 Å². The van der Waals surface area contributed by atoms with Crippen molar-refractivity contribution in [2.75, 3.05) is 0 Å². The number of carboxylic acid groups (broad SMARTS) is 1. The average molecular weight is 459 g/mol. The summed E-state index contributed by atoms with van der Waals surface area (Å²) in [7, 11) is 0. The first-order valence-corrected chi connectivity index (χ1v) is 9.49. The third kappa shape index (κ3) is 11.4. The molecular weight excluding hydrogens is 430 g/mol. The molecule has 0 aromatic heterocycles. The number of aliphatic carboxylic acids is 1. The normalized spacial score (nSPS) is 14.2. The van der Waals surface area contributed by atoms with Crippen molar-refractivity contribution in [1.29, 1.82) is 0 Å². The van der Waals surface area contributed by atoms with Crippen molar-refractivity contribution in [1.82, 2.24) is 16.0 Å². The molecule has 0 heterocycles. The Morgan fingerprint density at radius 3 is 1.62 bits per heavy atom. The third-order valence-corrected chi connectivity index (χ3v) is 4.12. The summed E-state index contributed by atoms with van der Waals surface area (Å²) in [6.07, 6.45) is -1.56. The van der Waals surface area contributed by atoms with Gasteiger partial charge in [0, 0.05) is 12.8 Å². The van der Waals surface area contributed by atoms with Gasteiger partial charge in [-0.2, -0.15) is 0 Å². The number of rotatable bonds is 15. The van der Waals surface area contributed by atoms with Gasteiger partial charge >= 0.3 is 5.97 Å². The van der Waals surface area contributed by atoms with E-state index in [0.29, 0.717) is 0 Å². The highest BCUT2D eigenvalue weighted by Gasteiger charge is 2.29. The number of hydrogen-bond donors (Lipinski definition) is 8. The highest BCUT2D eigenvalue weighted by atomic mass is 16.4. The van der Waals surface area contributed by atoms with E-state index in [4.69, 9.17) is 28.0 Å². The zero-order chi connectivity index (χ0) is 25.0. The fraction of sp³-hybridized carbons (Fsp3) is 0.588. The number of carbonyl (C=O) groups excluding carboxylic acids is 6. The maximum Gasteiger partial charge on any atom is 0.326 e. The zero-order valence-electron chi connectivity index (χ0n) is 17.5. The van der Waals surface area contributed by atoms with Crippen LogP contribution in [0.15, 0.2) is 0 Å². The second kappa shape index (κ2) is 13.5. The van der Waals surface area contributed by atoms with E-state index in [-0.39, 0.29) is 25.7 Å². The quantitative estimate of drug-likeness (QED) is 0.116. The summed E-state index contributed by atoms with van der Waals surface area (Å²) in [6, 6.07) is -5.37. The first-order chi connectivity index (χ1) is 14.7. The van der Waals surface area contributed by atoms with E-state index in [2.05, 4.69) is 16.0 Å². The lowest BCUT2D eigenvalue weighted by Crippen LogP contribution is -2.56. The predicted molar refractivity (Wildman–Crippen MR) is 108 cm³/mol. The molecule has 15 nitrogen and oxygen atoms in total. The van der Waals surface area contributed by atoms with Crippen LogP contribution >= 0.6 is 0 Å². The smallest absolute Gasteiger partial charge is 0.326 e. The summed E-state index contributed by atoms with van der Waals surface area (Å²) in [6.45, 7) is 1.24. The first-order valence-electron chi connectivity index (χ1n) is 9.49. The van der Waals surface area contributed by atoms with Crippen LogP contribution in [0.2, 0.25) is 0 Å². The van der Waals surface area contributed by atoms with Crippen LogP contribution in [0.1, 0.15) is 39.0 Å². The van der Waals surface area contributed by atoms with Gasteiger partial charge in [0.25, 0.3) is 0 Å². The molecule has 0 spiro atoms. The van der Waals surface area contributed by atoms with Crippen LogP contribution in [0, 0.1) is 0 Å². The third-order valence-electron chi connectivity index (χ3n) is 4.12. The number of nitrogens with one attached hydrogen (secondary N) is 3. The van der Waals surface area contributed by atoms with Crippen molar-refractivity contribution in [3.05, 3.63) is 0 Å². The van der Waals surface area contributed by atoms with Crippen molar-refractivity contribution >= 4 is 41.4 Å². The minimum absolute atomic E-state index is 0.235. The molecule has 0 fully saturated rings. The summed E-state index contributed by atoms with van der Waals surface area (Å²) in [5.74, 6) is -6.45. The number of carboxylic acids is 1. The number of hydrogen-bond acceptors (Lipinski definition) is 8. The molecule has 0 aliphatic heterocycles. The number of amides is 6. The molecule has 0 bridgehead atoms. The fourth-order valence-corrected chi connectivity index (χ4v) is 2.36. The summed E-state index contributed by atoms with van der Waals surface area (Å²) >= 11 is 0. The molecule has 0 aliphatic rings. The Morgan fingerprint density at radius 2 is 1.19 bits per heavy atom. The Balaban J connectivity index is 5.14. The van der Waals surface area contributed by atoms with E-state index >= 15 is 0 Å². The first kappa shape index (κ1) is 28.2. The zero-order valence-corrected chi connectivity index (χ0v) is 17.5. The van der Waals surface area contributed by atoms with Gasteiger partial charge in [-0.25, -0.2) is 4.79 Å². The Kier molecular flexibility index (Phi) is 11.9. The lowest BCUT2D eigenvalue weighted by atomic mass is 10.1. The second-order valence-electron chi connectivity index (χ2n) is 6.98. The molecule has 180 valence electrons. The Bertz CT molecular complexity index is 757. The van der Waals surface area contributed by atoms with Crippen LogP contribution < -0.4 is 38.9 Å². The van der Waals surface area contributed by atoms with Gasteiger partial charge in [0.2, 0.25) is 35.4 Å². The summed E-state index contributed by atoms with van der Waals surface area (Å²) < 4.78 is 0. The Hall–Kier alpha value is -3.75. The minimum Gasteiger partial charge on any atom is -0.480 e. The van der Waals surface area contributed by atoms with Crippen molar-refractivity contribution < 1.29 is 38.7 Å². The van der Waals surface area contributed by atoms with Gasteiger partial charge in [-0.1, -0.05) is 0 Å². The summed E-state index contributed by atoms with van der Waals surface area (Å²) in [5, 5.41) is 15.8. The lowest BCUT2D eigenvalue weighted by molar-refractivity contribution is -0.142.